The van der Waals surface area contributed by atoms with Gasteiger partial charge in [-0.1, -0.05) is 79.4 Å². The molecule has 1 saturated carbocycles. The maximum absolute atomic E-state index is 13.8. The minimum atomic E-state index is -0.820. The van der Waals surface area contributed by atoms with E-state index in [1.807, 2.05) is 30.3 Å². The van der Waals surface area contributed by atoms with Crippen LogP contribution in [0.15, 0.2) is 79.0 Å². The molecule has 0 saturated heterocycles. The van der Waals surface area contributed by atoms with Crippen molar-refractivity contribution in [1.29, 1.82) is 0 Å². The highest BCUT2D eigenvalue weighted by molar-refractivity contribution is 6.30. The molecule has 39 heavy (non-hydrogen) atoms. The summed E-state index contributed by atoms with van der Waals surface area (Å²) in [5, 5.41) is 6.53. The molecule has 0 aliphatic heterocycles. The summed E-state index contributed by atoms with van der Waals surface area (Å²) in [5.41, 5.74) is 1.62. The molecule has 2 N–H and O–H groups in total. The van der Waals surface area contributed by atoms with Gasteiger partial charge in [0.1, 0.15) is 11.9 Å². The number of nitrogens with one attached hydrogen (secondary N) is 2. The lowest BCUT2D eigenvalue weighted by Gasteiger charge is -2.33. The fourth-order valence-corrected chi connectivity index (χ4v) is 5.06. The summed E-state index contributed by atoms with van der Waals surface area (Å²) in [7, 11) is 0. The van der Waals surface area contributed by atoms with Gasteiger partial charge in [-0.05, 0) is 54.7 Å². The van der Waals surface area contributed by atoms with Crippen LogP contribution in [-0.4, -0.2) is 33.6 Å². The Bertz CT molecular complexity index is 1220. The molecule has 1 heterocycles. The van der Waals surface area contributed by atoms with E-state index in [2.05, 4.69) is 15.6 Å². The Morgan fingerprint density at radius 2 is 1.62 bits per heavy atom. The number of carbonyl (C=O) groups is 3. The second kappa shape index (κ2) is 14.4. The summed E-state index contributed by atoms with van der Waals surface area (Å²) in [6.07, 6.45) is 7.49. The van der Waals surface area contributed by atoms with Crippen LogP contribution in [0.4, 0.5) is 5.82 Å². The standard InChI is InChI=1S/C31H35ClN4O3/c32-25-19-17-24(18-20-25)30(31(39)34-26-12-5-2-6-13-26)36(22-23-10-3-1-4-11-23)29(38)16-9-15-28(37)35-27-14-7-8-21-33-27/h1,3-4,7-8,10-11,14,17-21,26,30H,2,5-6,9,12-13,15-16,22H2,(H,34,39)(H,33,35,37)/t30-/m0/s1. The first kappa shape index (κ1) is 28.3. The Kier molecular flexibility index (Phi) is 10.5. The molecule has 7 nitrogen and oxygen atoms in total. The molecule has 1 aliphatic carbocycles. The predicted octanol–water partition coefficient (Wildman–Crippen LogP) is 6.06. The van der Waals surface area contributed by atoms with Crippen molar-refractivity contribution >= 4 is 35.1 Å². The molecule has 1 aromatic heterocycles. The number of pyridine rings is 1. The number of rotatable bonds is 11. The van der Waals surface area contributed by atoms with Crippen LogP contribution in [0.25, 0.3) is 0 Å². The first-order valence-corrected chi connectivity index (χ1v) is 14.0. The van der Waals surface area contributed by atoms with Gasteiger partial charge in [0.2, 0.25) is 17.7 Å². The number of aromatic nitrogens is 1. The van der Waals surface area contributed by atoms with Crippen LogP contribution in [-0.2, 0) is 20.9 Å². The van der Waals surface area contributed by atoms with Crippen LogP contribution in [0.1, 0.15) is 68.5 Å². The van der Waals surface area contributed by atoms with Crippen LogP contribution in [0, 0.1) is 0 Å². The molecule has 0 bridgehead atoms. The number of anilines is 1. The number of halogens is 1. The summed E-state index contributed by atoms with van der Waals surface area (Å²) in [6.45, 7) is 0.269. The molecule has 4 rings (SSSR count). The van der Waals surface area contributed by atoms with Crippen molar-refractivity contribution in [2.45, 2.75) is 70.0 Å². The van der Waals surface area contributed by atoms with E-state index in [0.717, 1.165) is 31.2 Å². The summed E-state index contributed by atoms with van der Waals surface area (Å²) in [5.74, 6) is -0.119. The van der Waals surface area contributed by atoms with Crippen molar-refractivity contribution in [3.05, 3.63) is 95.1 Å². The number of hydrogen-bond acceptors (Lipinski definition) is 4. The molecule has 1 atom stereocenters. The van der Waals surface area contributed by atoms with Crippen molar-refractivity contribution < 1.29 is 14.4 Å². The van der Waals surface area contributed by atoms with Crippen LogP contribution in [0.5, 0.6) is 0 Å². The third-order valence-electron chi connectivity index (χ3n) is 6.94. The highest BCUT2D eigenvalue weighted by atomic mass is 35.5. The Morgan fingerprint density at radius 1 is 0.897 bits per heavy atom. The van der Waals surface area contributed by atoms with Crippen LogP contribution in [0.2, 0.25) is 5.02 Å². The van der Waals surface area contributed by atoms with Gasteiger partial charge in [-0.3, -0.25) is 14.4 Å². The predicted molar refractivity (Wildman–Crippen MR) is 153 cm³/mol. The van der Waals surface area contributed by atoms with Crippen LogP contribution < -0.4 is 10.6 Å². The molecule has 0 radical (unpaired) electrons. The third kappa shape index (κ3) is 8.65. The minimum Gasteiger partial charge on any atom is -0.351 e. The average molecular weight is 547 g/mol. The van der Waals surface area contributed by atoms with Gasteiger partial charge in [-0.15, -0.1) is 0 Å². The van der Waals surface area contributed by atoms with E-state index in [4.69, 9.17) is 11.6 Å². The van der Waals surface area contributed by atoms with Gasteiger partial charge in [0.05, 0.1) is 0 Å². The van der Waals surface area contributed by atoms with E-state index < -0.39 is 6.04 Å². The van der Waals surface area contributed by atoms with Gasteiger partial charge in [-0.25, -0.2) is 4.98 Å². The molecular weight excluding hydrogens is 512 g/mol. The lowest BCUT2D eigenvalue weighted by molar-refractivity contribution is -0.142. The topological polar surface area (TPSA) is 91.4 Å². The number of benzene rings is 2. The van der Waals surface area contributed by atoms with E-state index in [0.29, 0.717) is 22.8 Å². The molecule has 3 aromatic rings. The smallest absolute Gasteiger partial charge is 0.247 e. The molecule has 204 valence electrons. The van der Waals surface area contributed by atoms with E-state index in [9.17, 15) is 14.4 Å². The quantitative estimate of drug-likeness (QED) is 0.306. The SMILES string of the molecule is O=C(CCCC(=O)N(Cc1ccccc1)[C@H](C(=O)NC1CCCCC1)c1ccc(Cl)cc1)Nc1ccccn1. The molecule has 8 heteroatoms. The largest absolute Gasteiger partial charge is 0.351 e. The van der Waals surface area contributed by atoms with Gasteiger partial charge in [0.15, 0.2) is 0 Å². The summed E-state index contributed by atoms with van der Waals surface area (Å²) in [6, 6.07) is 21.3. The zero-order chi connectivity index (χ0) is 27.5. The molecule has 3 amide bonds. The average Bonchev–Trinajstić information content (AvgIpc) is 2.95. The number of hydrogen-bond donors (Lipinski definition) is 2. The zero-order valence-corrected chi connectivity index (χ0v) is 22.8. The maximum Gasteiger partial charge on any atom is 0.247 e. The summed E-state index contributed by atoms with van der Waals surface area (Å²) in [4.78, 5) is 45.7. The summed E-state index contributed by atoms with van der Waals surface area (Å²) >= 11 is 6.16. The normalized spacial score (nSPS) is 14.3. The Morgan fingerprint density at radius 3 is 2.31 bits per heavy atom. The highest BCUT2D eigenvalue weighted by Gasteiger charge is 2.33. The van der Waals surface area contributed by atoms with Crippen molar-refractivity contribution in [3.63, 3.8) is 0 Å². The van der Waals surface area contributed by atoms with Gasteiger partial charge >= 0.3 is 0 Å². The van der Waals surface area contributed by atoms with Gasteiger partial charge in [0.25, 0.3) is 0 Å². The van der Waals surface area contributed by atoms with E-state index in [-0.39, 0.29) is 43.1 Å². The highest BCUT2D eigenvalue weighted by Crippen LogP contribution is 2.28. The Balaban J connectivity index is 1.52. The van der Waals surface area contributed by atoms with E-state index in [1.54, 1.807) is 53.6 Å². The third-order valence-corrected chi connectivity index (χ3v) is 7.19. The van der Waals surface area contributed by atoms with Crippen molar-refractivity contribution in [1.82, 2.24) is 15.2 Å². The van der Waals surface area contributed by atoms with Gasteiger partial charge in [-0.2, -0.15) is 0 Å². The number of amides is 3. The fourth-order valence-electron chi connectivity index (χ4n) is 4.93. The molecule has 1 aliphatic rings. The summed E-state index contributed by atoms with van der Waals surface area (Å²) < 4.78 is 0. The maximum atomic E-state index is 13.8. The molecule has 2 aromatic carbocycles. The second-order valence-corrected chi connectivity index (χ2v) is 10.4. The van der Waals surface area contributed by atoms with E-state index in [1.165, 1.54) is 6.42 Å². The first-order valence-electron chi connectivity index (χ1n) is 13.6. The van der Waals surface area contributed by atoms with Crippen LogP contribution >= 0.6 is 11.6 Å². The van der Waals surface area contributed by atoms with Crippen molar-refractivity contribution in [3.8, 4) is 0 Å². The fraction of sp³-hybridized carbons (Fsp3) is 0.355. The number of nitrogens with zero attached hydrogens (tertiary/aromatic N) is 2. The number of carbonyl (C=O) groups excluding carboxylic acids is 3. The van der Waals surface area contributed by atoms with Crippen LogP contribution in [0.3, 0.4) is 0 Å². The molecule has 0 spiro atoms. The Hall–Kier alpha value is -3.71. The van der Waals surface area contributed by atoms with Crippen molar-refractivity contribution in [2.75, 3.05) is 5.32 Å². The van der Waals surface area contributed by atoms with Gasteiger partial charge in [0, 0.05) is 36.6 Å². The Labute approximate surface area is 235 Å². The molecular formula is C31H35ClN4O3. The molecule has 1 fully saturated rings. The van der Waals surface area contributed by atoms with E-state index >= 15 is 0 Å². The molecule has 0 unspecified atom stereocenters. The zero-order valence-electron chi connectivity index (χ0n) is 22.0. The second-order valence-electron chi connectivity index (χ2n) is 9.92. The minimum absolute atomic E-state index is 0.102. The first-order chi connectivity index (χ1) is 19.0. The lowest BCUT2D eigenvalue weighted by Crippen LogP contribution is -2.46. The van der Waals surface area contributed by atoms with Gasteiger partial charge < -0.3 is 15.5 Å². The monoisotopic (exact) mass is 546 g/mol. The van der Waals surface area contributed by atoms with Crippen molar-refractivity contribution in [2.24, 2.45) is 0 Å². The lowest BCUT2D eigenvalue weighted by atomic mass is 9.94.